The molecule has 0 spiro atoms. The van der Waals surface area contributed by atoms with E-state index < -0.39 is 0 Å². The first-order valence-electron chi connectivity index (χ1n) is 8.86. The molecule has 3 N–H and O–H groups in total. The maximum atomic E-state index is 11.7. The van der Waals surface area contributed by atoms with Crippen molar-refractivity contribution in [3.05, 3.63) is 41.1 Å². The summed E-state index contributed by atoms with van der Waals surface area (Å²) in [5, 5.41) is 1.34. The van der Waals surface area contributed by atoms with Gasteiger partial charge in [0.15, 0.2) is 0 Å². The average molecular weight is 323 g/mol. The number of aromatic nitrogens is 1. The normalized spacial score (nSPS) is 24.5. The molecule has 0 unspecified atom stereocenters. The molecule has 1 aliphatic carbocycles. The Balaban J connectivity index is 1.95. The zero-order valence-corrected chi connectivity index (χ0v) is 14.6. The van der Waals surface area contributed by atoms with Crippen LogP contribution < -0.4 is 5.73 Å². The molecule has 4 heteroatoms. The van der Waals surface area contributed by atoms with E-state index >= 15 is 0 Å². The number of hydrogen-bond donors (Lipinski definition) is 2. The van der Waals surface area contributed by atoms with Crippen molar-refractivity contribution in [3.63, 3.8) is 0 Å². The minimum atomic E-state index is -0.236. The second-order valence-electron chi connectivity index (χ2n) is 7.35. The summed E-state index contributed by atoms with van der Waals surface area (Å²) in [5.74, 6) is 0.0872. The number of primary amides is 1. The Morgan fingerprint density at radius 3 is 2.96 bits per heavy atom. The van der Waals surface area contributed by atoms with E-state index in [1.165, 1.54) is 33.3 Å². The van der Waals surface area contributed by atoms with Crippen LogP contribution in [-0.2, 0) is 11.2 Å². The van der Waals surface area contributed by atoms with Crippen LogP contribution in [0.5, 0.6) is 0 Å². The lowest BCUT2D eigenvalue weighted by Gasteiger charge is -2.39. The molecule has 2 aromatic rings. The summed E-state index contributed by atoms with van der Waals surface area (Å²) in [7, 11) is 2.11. The summed E-state index contributed by atoms with van der Waals surface area (Å²) >= 11 is 0. The zero-order valence-electron chi connectivity index (χ0n) is 14.6. The molecule has 0 saturated carbocycles. The van der Waals surface area contributed by atoms with E-state index in [-0.39, 0.29) is 11.8 Å². The third-order valence-corrected chi connectivity index (χ3v) is 5.90. The number of carbonyl (C=O) groups excluding carboxylic acids is 1. The Morgan fingerprint density at radius 2 is 2.25 bits per heavy atom. The molecule has 1 aromatic heterocycles. The van der Waals surface area contributed by atoms with Crippen LogP contribution in [0.2, 0.25) is 0 Å². The maximum Gasteiger partial charge on any atom is 0.225 e. The Morgan fingerprint density at radius 1 is 1.46 bits per heavy atom. The van der Waals surface area contributed by atoms with Crippen LogP contribution in [0, 0.1) is 5.92 Å². The molecule has 2 aliphatic rings. The predicted octanol–water partition coefficient (Wildman–Crippen LogP) is 3.04. The van der Waals surface area contributed by atoms with Crippen molar-refractivity contribution < 1.29 is 4.79 Å². The van der Waals surface area contributed by atoms with E-state index in [4.69, 9.17) is 5.73 Å². The van der Waals surface area contributed by atoms with Crippen molar-refractivity contribution in [1.29, 1.82) is 0 Å². The number of H-pyrrole nitrogens is 1. The summed E-state index contributed by atoms with van der Waals surface area (Å²) in [6, 6.07) is 6.79. The first-order chi connectivity index (χ1) is 11.5. The summed E-state index contributed by atoms with van der Waals surface area (Å²) in [6.45, 7) is 5.24. The van der Waals surface area contributed by atoms with Gasteiger partial charge >= 0.3 is 0 Å². The number of fused-ring (bicyclic) bond motifs is 2. The Hall–Kier alpha value is -2.07. The first kappa shape index (κ1) is 15.5. The van der Waals surface area contributed by atoms with Gasteiger partial charge in [0.25, 0.3) is 0 Å². The van der Waals surface area contributed by atoms with Gasteiger partial charge in [-0.25, -0.2) is 0 Å². The quantitative estimate of drug-likeness (QED) is 0.912. The molecule has 0 radical (unpaired) electrons. The van der Waals surface area contributed by atoms with Gasteiger partial charge < -0.3 is 10.7 Å². The Labute approximate surface area is 142 Å². The number of hydrogen-bond acceptors (Lipinski definition) is 2. The molecule has 0 saturated heterocycles. The molecule has 126 valence electrons. The topological polar surface area (TPSA) is 62.1 Å². The van der Waals surface area contributed by atoms with E-state index in [0.29, 0.717) is 18.5 Å². The third-order valence-electron chi connectivity index (χ3n) is 5.90. The second kappa shape index (κ2) is 5.49. The second-order valence-corrected chi connectivity index (χ2v) is 7.35. The van der Waals surface area contributed by atoms with Gasteiger partial charge in [-0.1, -0.05) is 32.1 Å². The van der Waals surface area contributed by atoms with Gasteiger partial charge in [0.05, 0.1) is 5.92 Å². The minimum absolute atomic E-state index is 0.203. The highest BCUT2D eigenvalue weighted by atomic mass is 16.1. The van der Waals surface area contributed by atoms with Crippen LogP contribution in [0.3, 0.4) is 0 Å². The lowest BCUT2D eigenvalue weighted by Crippen LogP contribution is -2.45. The van der Waals surface area contributed by atoms with Crippen molar-refractivity contribution in [2.45, 2.75) is 38.6 Å². The van der Waals surface area contributed by atoms with Gasteiger partial charge in [0, 0.05) is 29.2 Å². The summed E-state index contributed by atoms with van der Waals surface area (Å²) in [6.07, 6.45) is 4.24. The first-order valence-corrected chi connectivity index (χ1v) is 8.86. The van der Waals surface area contributed by atoms with Gasteiger partial charge in [-0.3, -0.25) is 9.69 Å². The number of benzene rings is 1. The maximum absolute atomic E-state index is 11.7. The number of rotatable bonds is 3. The fraction of sp³-hybridized carbons (Fsp3) is 0.450. The fourth-order valence-corrected chi connectivity index (χ4v) is 4.37. The molecule has 4 nitrogen and oxygen atoms in total. The van der Waals surface area contributed by atoms with Crippen molar-refractivity contribution in [2.75, 3.05) is 13.6 Å². The number of amides is 1. The van der Waals surface area contributed by atoms with Gasteiger partial charge in [0.1, 0.15) is 0 Å². The minimum Gasteiger partial charge on any atom is -0.369 e. The number of nitrogens with two attached hydrogens (primary N) is 1. The molecule has 4 rings (SSSR count). The summed E-state index contributed by atoms with van der Waals surface area (Å²) in [5.41, 5.74) is 12.2. The summed E-state index contributed by atoms with van der Waals surface area (Å²) < 4.78 is 0. The van der Waals surface area contributed by atoms with Crippen LogP contribution in [0.15, 0.2) is 24.3 Å². The molecule has 24 heavy (non-hydrogen) atoms. The van der Waals surface area contributed by atoms with Crippen molar-refractivity contribution in [2.24, 2.45) is 11.7 Å². The van der Waals surface area contributed by atoms with Gasteiger partial charge in [-0.2, -0.15) is 0 Å². The van der Waals surface area contributed by atoms with Crippen molar-refractivity contribution in [1.82, 2.24) is 9.88 Å². The highest BCUT2D eigenvalue weighted by Crippen LogP contribution is 2.43. The predicted molar refractivity (Wildman–Crippen MR) is 97.8 cm³/mol. The molecule has 0 fully saturated rings. The molecule has 3 atom stereocenters. The molecular weight excluding hydrogens is 298 g/mol. The van der Waals surface area contributed by atoms with Crippen LogP contribution in [0.25, 0.3) is 16.5 Å². The highest BCUT2D eigenvalue weighted by Gasteiger charge is 2.36. The molecule has 1 aromatic carbocycles. The van der Waals surface area contributed by atoms with Gasteiger partial charge in [0.2, 0.25) is 5.91 Å². The van der Waals surface area contributed by atoms with Gasteiger partial charge in [-0.05, 0) is 48.6 Å². The van der Waals surface area contributed by atoms with E-state index in [2.05, 4.69) is 55.1 Å². The van der Waals surface area contributed by atoms with Crippen LogP contribution in [0.4, 0.5) is 0 Å². The van der Waals surface area contributed by atoms with Crippen LogP contribution in [0.1, 0.15) is 43.0 Å². The number of likely N-dealkylation sites (N-methyl/N-ethyl adjacent to an activating group) is 1. The number of nitrogens with one attached hydrogen (secondary N) is 1. The molecule has 2 heterocycles. The highest BCUT2D eigenvalue weighted by molar-refractivity contribution is 6.00. The van der Waals surface area contributed by atoms with E-state index in [0.717, 1.165) is 12.8 Å². The van der Waals surface area contributed by atoms with E-state index in [9.17, 15) is 4.79 Å². The number of carbonyl (C=O) groups is 1. The zero-order chi connectivity index (χ0) is 17.0. The van der Waals surface area contributed by atoms with Gasteiger partial charge in [-0.15, -0.1) is 0 Å². The van der Waals surface area contributed by atoms with Crippen LogP contribution >= 0.6 is 0 Å². The monoisotopic (exact) mass is 323 g/mol. The molecule has 1 aliphatic heterocycles. The largest absolute Gasteiger partial charge is 0.369 e. The van der Waals surface area contributed by atoms with E-state index in [1.54, 1.807) is 0 Å². The lowest BCUT2D eigenvalue weighted by molar-refractivity contribution is -0.121. The SMILES string of the molecule is CC[C@@H](C)c1[nH]c2cccc3c2c1C[C@@H]1C3=C[C@@H](C(N)=O)CN1C. The van der Waals surface area contributed by atoms with E-state index in [1.807, 2.05) is 0 Å². The molecule has 1 amide bonds. The number of nitrogens with zero attached hydrogens (tertiary/aromatic N) is 1. The standard InChI is InChI=1S/C20H25N3O/c1-4-11(2)19-15-9-17-14(8-12(20(21)24)10-23(17)3)13-6-5-7-16(22-19)18(13)15/h5-8,11-12,17,22H,4,9-10H2,1-3H3,(H2,21,24)/t11-,12-,17-/m1/s1. The van der Waals surface area contributed by atoms with Crippen LogP contribution in [-0.4, -0.2) is 35.4 Å². The smallest absolute Gasteiger partial charge is 0.225 e. The fourth-order valence-electron chi connectivity index (χ4n) is 4.37. The van der Waals surface area contributed by atoms with Crippen molar-refractivity contribution >= 4 is 22.4 Å². The Bertz CT molecular complexity index is 848. The summed E-state index contributed by atoms with van der Waals surface area (Å²) in [4.78, 5) is 17.7. The lowest BCUT2D eigenvalue weighted by atomic mass is 9.78. The molecular formula is C20H25N3O. The van der Waals surface area contributed by atoms with Crippen molar-refractivity contribution in [3.8, 4) is 0 Å². The molecule has 0 bridgehead atoms. The average Bonchev–Trinajstić information content (AvgIpc) is 2.95. The number of aromatic amines is 1. The third kappa shape index (κ3) is 2.13. The Kier molecular flexibility index (Phi) is 3.53.